The van der Waals surface area contributed by atoms with E-state index in [1.807, 2.05) is 30.3 Å². The molecule has 182 valence electrons. The van der Waals surface area contributed by atoms with Gasteiger partial charge in [0, 0.05) is 23.4 Å². The second-order valence-electron chi connectivity index (χ2n) is 8.70. The van der Waals surface area contributed by atoms with Crippen molar-refractivity contribution in [3.63, 3.8) is 0 Å². The number of carbonyl (C=O) groups is 1. The van der Waals surface area contributed by atoms with Crippen LogP contribution >= 0.6 is 11.3 Å². The van der Waals surface area contributed by atoms with Crippen LogP contribution in [0, 0.1) is 11.8 Å². The molecule has 0 bridgehead atoms. The van der Waals surface area contributed by atoms with Crippen molar-refractivity contribution >= 4 is 17.4 Å². The van der Waals surface area contributed by atoms with Crippen LogP contribution in [0.3, 0.4) is 0 Å². The summed E-state index contributed by atoms with van der Waals surface area (Å²) in [5, 5.41) is 13.6. The Hall–Kier alpha value is -2.91. The van der Waals surface area contributed by atoms with Gasteiger partial charge in [0.2, 0.25) is 0 Å². The van der Waals surface area contributed by atoms with Gasteiger partial charge in [-0.25, -0.2) is 9.78 Å². The summed E-state index contributed by atoms with van der Waals surface area (Å²) in [5.41, 5.74) is 5.09. The maximum absolute atomic E-state index is 13.0. The topological polar surface area (TPSA) is 85.4 Å². The first kappa shape index (κ1) is 25.7. The first-order valence-electron chi connectivity index (χ1n) is 10.7. The monoisotopic (exact) mass is 492 g/mol. The fourth-order valence-corrected chi connectivity index (χ4v) is 4.95. The molecule has 34 heavy (non-hydrogen) atoms. The Labute approximate surface area is 200 Å². The third-order valence-electron chi connectivity index (χ3n) is 5.93. The van der Waals surface area contributed by atoms with Gasteiger partial charge in [-0.1, -0.05) is 42.5 Å². The largest absolute Gasteiger partial charge is 0.443 e. The number of halogens is 3. The molecule has 2 unspecified atom stereocenters. The third kappa shape index (κ3) is 6.57. The summed E-state index contributed by atoms with van der Waals surface area (Å²) in [7, 11) is 0. The van der Waals surface area contributed by atoms with Crippen LogP contribution in [0.1, 0.15) is 41.6 Å². The predicted molar refractivity (Wildman–Crippen MR) is 124 cm³/mol. The number of nitrogens with two attached hydrogens (primary N) is 1. The minimum Gasteiger partial charge on any atom is -0.443 e. The Bertz CT molecular complexity index is 1060. The third-order valence-corrected chi connectivity index (χ3v) is 6.78. The van der Waals surface area contributed by atoms with E-state index in [1.54, 1.807) is 25.4 Å². The highest BCUT2D eigenvalue weighted by atomic mass is 32.1. The molecule has 1 aromatic heterocycles. The number of carbonyl (C=O) groups excluding carboxylic acids is 1. The zero-order valence-corrected chi connectivity index (χ0v) is 19.6. The number of amides is 1. The number of hydrogen-bond acceptors (Lipinski definition) is 5. The number of aliphatic hydroxyl groups is 1. The minimum absolute atomic E-state index is 0.238. The fourth-order valence-electron chi connectivity index (χ4n) is 4.26. The van der Waals surface area contributed by atoms with E-state index in [-0.39, 0.29) is 6.42 Å². The van der Waals surface area contributed by atoms with Crippen molar-refractivity contribution in [2.75, 3.05) is 0 Å². The zero-order chi connectivity index (χ0) is 24.9. The van der Waals surface area contributed by atoms with E-state index in [9.17, 15) is 23.1 Å². The second-order valence-corrected chi connectivity index (χ2v) is 9.62. The Kier molecular flexibility index (Phi) is 7.99. The molecule has 0 aliphatic rings. The smallest absolute Gasteiger partial charge is 0.416 e. The molecule has 2 aromatic carbocycles. The Balaban J connectivity index is 2.03. The van der Waals surface area contributed by atoms with Crippen molar-refractivity contribution in [1.29, 1.82) is 0 Å². The van der Waals surface area contributed by atoms with E-state index in [1.165, 1.54) is 23.5 Å². The van der Waals surface area contributed by atoms with Crippen LogP contribution < -0.4 is 5.73 Å². The molecule has 1 amide bonds. The zero-order valence-electron chi connectivity index (χ0n) is 18.8. The highest BCUT2D eigenvalue weighted by molar-refractivity contribution is 7.09. The standard InChI is InChI=1S/C25H27F3N2O3S/c1-24(2,33-23(29)32)20(15-16-6-4-3-5-7-16)19(21(31)22-30-12-13-34-22)14-17-8-10-18(11-9-17)25(26,27)28/h3-13,19-21,31H,14-15H2,1-2H3,(H2,29,32)/t19?,20?,21-/m0/s1. The summed E-state index contributed by atoms with van der Waals surface area (Å²) in [4.78, 5) is 15.9. The van der Waals surface area contributed by atoms with Crippen LogP contribution in [0.5, 0.6) is 0 Å². The number of benzene rings is 2. The molecule has 9 heteroatoms. The molecule has 0 radical (unpaired) electrons. The van der Waals surface area contributed by atoms with Crippen molar-refractivity contribution in [3.05, 3.63) is 87.9 Å². The predicted octanol–water partition coefficient (Wildman–Crippen LogP) is 5.79. The van der Waals surface area contributed by atoms with Gasteiger partial charge in [-0.3, -0.25) is 0 Å². The van der Waals surface area contributed by atoms with E-state index in [0.29, 0.717) is 17.0 Å². The Morgan fingerprint density at radius 1 is 1.06 bits per heavy atom. The van der Waals surface area contributed by atoms with E-state index in [2.05, 4.69) is 4.98 Å². The average molecular weight is 493 g/mol. The normalized spacial score (nSPS) is 14.9. The number of ether oxygens (including phenoxy) is 1. The molecule has 3 atom stereocenters. The molecular weight excluding hydrogens is 465 g/mol. The van der Waals surface area contributed by atoms with Crippen LogP contribution in [-0.4, -0.2) is 21.8 Å². The molecule has 0 saturated heterocycles. The molecule has 5 nitrogen and oxygen atoms in total. The SMILES string of the molecule is CC(C)(OC(N)=O)C(Cc1ccccc1)C(Cc1ccc(C(F)(F)F)cc1)[C@H](O)c1nccs1. The number of aliphatic hydroxyl groups excluding tert-OH is 1. The van der Waals surface area contributed by atoms with Gasteiger partial charge in [0.25, 0.3) is 0 Å². The van der Waals surface area contributed by atoms with Gasteiger partial charge in [-0.05, 0) is 49.9 Å². The lowest BCUT2D eigenvalue weighted by Crippen LogP contribution is -2.45. The first-order valence-corrected chi connectivity index (χ1v) is 11.6. The highest BCUT2D eigenvalue weighted by Crippen LogP contribution is 2.41. The number of thiazole rings is 1. The molecule has 0 spiro atoms. The van der Waals surface area contributed by atoms with Crippen LogP contribution in [0.15, 0.2) is 66.2 Å². The Morgan fingerprint density at radius 2 is 1.68 bits per heavy atom. The lowest BCUT2D eigenvalue weighted by atomic mass is 9.71. The molecular formula is C25H27F3N2O3S. The number of aromatic nitrogens is 1. The molecule has 3 N–H and O–H groups in total. The lowest BCUT2D eigenvalue weighted by Gasteiger charge is -2.40. The van der Waals surface area contributed by atoms with Gasteiger partial charge < -0.3 is 15.6 Å². The highest BCUT2D eigenvalue weighted by Gasteiger charge is 2.42. The molecule has 3 rings (SSSR count). The average Bonchev–Trinajstić information content (AvgIpc) is 3.30. The summed E-state index contributed by atoms with van der Waals surface area (Å²) in [6, 6.07) is 14.4. The number of primary amides is 1. The number of alkyl halides is 3. The van der Waals surface area contributed by atoms with Crippen molar-refractivity contribution in [3.8, 4) is 0 Å². The summed E-state index contributed by atoms with van der Waals surface area (Å²) in [6.45, 7) is 3.44. The van der Waals surface area contributed by atoms with Crippen molar-refractivity contribution in [2.45, 2.75) is 44.6 Å². The van der Waals surface area contributed by atoms with Crippen LogP contribution in [-0.2, 0) is 23.8 Å². The fraction of sp³-hybridized carbons (Fsp3) is 0.360. The molecule has 0 aliphatic heterocycles. The van der Waals surface area contributed by atoms with Crippen molar-refractivity contribution in [1.82, 2.24) is 4.98 Å². The van der Waals surface area contributed by atoms with E-state index in [4.69, 9.17) is 10.5 Å². The summed E-state index contributed by atoms with van der Waals surface area (Å²) < 4.78 is 44.6. The van der Waals surface area contributed by atoms with Gasteiger partial charge in [0.05, 0.1) is 5.56 Å². The quantitative estimate of drug-likeness (QED) is 0.396. The van der Waals surface area contributed by atoms with Gasteiger partial charge in [0.15, 0.2) is 0 Å². The lowest BCUT2D eigenvalue weighted by molar-refractivity contribution is -0.137. The summed E-state index contributed by atoms with van der Waals surface area (Å²) >= 11 is 1.28. The van der Waals surface area contributed by atoms with Crippen molar-refractivity contribution < 1.29 is 27.8 Å². The van der Waals surface area contributed by atoms with E-state index < -0.39 is 41.4 Å². The maximum Gasteiger partial charge on any atom is 0.416 e. The molecule has 1 heterocycles. The van der Waals surface area contributed by atoms with Crippen LogP contribution in [0.4, 0.5) is 18.0 Å². The van der Waals surface area contributed by atoms with Crippen LogP contribution in [0.2, 0.25) is 0 Å². The van der Waals surface area contributed by atoms with Gasteiger partial charge in [0.1, 0.15) is 16.7 Å². The number of hydrogen-bond donors (Lipinski definition) is 2. The molecule has 0 fully saturated rings. The van der Waals surface area contributed by atoms with Gasteiger partial charge >= 0.3 is 12.3 Å². The van der Waals surface area contributed by atoms with Crippen molar-refractivity contribution in [2.24, 2.45) is 17.6 Å². The Morgan fingerprint density at radius 3 is 2.21 bits per heavy atom. The molecule has 0 aliphatic carbocycles. The van der Waals surface area contributed by atoms with E-state index in [0.717, 1.165) is 17.7 Å². The molecule has 3 aromatic rings. The maximum atomic E-state index is 13.0. The second kappa shape index (κ2) is 10.6. The summed E-state index contributed by atoms with van der Waals surface area (Å²) in [5.74, 6) is -0.985. The summed E-state index contributed by atoms with van der Waals surface area (Å²) in [6.07, 6.45) is -4.16. The number of rotatable bonds is 9. The minimum atomic E-state index is -4.44. The number of nitrogens with zero attached hydrogens (tertiary/aromatic N) is 1. The van der Waals surface area contributed by atoms with Gasteiger partial charge in [-0.15, -0.1) is 11.3 Å². The van der Waals surface area contributed by atoms with Crippen LogP contribution in [0.25, 0.3) is 0 Å². The van der Waals surface area contributed by atoms with Gasteiger partial charge in [-0.2, -0.15) is 13.2 Å². The van der Waals surface area contributed by atoms with E-state index >= 15 is 0 Å². The first-order chi connectivity index (χ1) is 16.0. The molecule has 0 saturated carbocycles.